The molecule has 1 aliphatic rings. The first-order valence-electron chi connectivity index (χ1n) is 9.31. The first kappa shape index (κ1) is 20.6. The highest BCUT2D eigenvalue weighted by Gasteiger charge is 2.27. The molecule has 0 saturated carbocycles. The lowest BCUT2D eigenvalue weighted by molar-refractivity contribution is 0.0583. The molecule has 1 aromatic heterocycles. The van der Waals surface area contributed by atoms with Crippen molar-refractivity contribution < 1.29 is 28.4 Å². The average molecular weight is 404 g/mol. The van der Waals surface area contributed by atoms with Crippen LogP contribution in [0.25, 0.3) is 0 Å². The second kappa shape index (κ2) is 9.87. The third-order valence-corrected chi connectivity index (χ3v) is 4.63. The summed E-state index contributed by atoms with van der Waals surface area (Å²) in [6.45, 7) is 1.84. The fourth-order valence-electron chi connectivity index (χ4n) is 3.05. The van der Waals surface area contributed by atoms with E-state index in [0.29, 0.717) is 56.1 Å². The Morgan fingerprint density at radius 1 is 1.28 bits per heavy atom. The van der Waals surface area contributed by atoms with Gasteiger partial charge in [0.1, 0.15) is 23.8 Å². The summed E-state index contributed by atoms with van der Waals surface area (Å²) in [7, 11) is 3.13. The number of nitrogens with one attached hydrogen (secondary N) is 1. The van der Waals surface area contributed by atoms with Crippen LogP contribution in [-0.2, 0) is 4.74 Å². The SMILES string of the molecule is COCCNC(=O)c1ccc(OC)cc1OC1CCN(C(=O)c2cnon2)CC1. The highest BCUT2D eigenvalue weighted by Crippen LogP contribution is 2.28. The number of carbonyl (C=O) groups excluding carboxylic acids is 2. The summed E-state index contributed by atoms with van der Waals surface area (Å²) in [6, 6.07) is 5.08. The molecule has 2 heterocycles. The van der Waals surface area contributed by atoms with E-state index in [1.807, 2.05) is 0 Å². The molecule has 0 aliphatic carbocycles. The van der Waals surface area contributed by atoms with E-state index in [1.54, 1.807) is 37.3 Å². The number of hydrogen-bond donors (Lipinski definition) is 1. The van der Waals surface area contributed by atoms with E-state index >= 15 is 0 Å². The number of piperidine rings is 1. The molecule has 29 heavy (non-hydrogen) atoms. The number of benzene rings is 1. The molecule has 1 fully saturated rings. The topological polar surface area (TPSA) is 116 Å². The zero-order chi connectivity index (χ0) is 20.6. The summed E-state index contributed by atoms with van der Waals surface area (Å²) in [4.78, 5) is 26.5. The largest absolute Gasteiger partial charge is 0.497 e. The number of ether oxygens (including phenoxy) is 3. The van der Waals surface area contributed by atoms with Gasteiger partial charge in [0, 0.05) is 45.7 Å². The van der Waals surface area contributed by atoms with Gasteiger partial charge in [-0.2, -0.15) is 0 Å². The minimum atomic E-state index is -0.245. The number of methoxy groups -OCH3 is 2. The van der Waals surface area contributed by atoms with Gasteiger partial charge in [-0.1, -0.05) is 5.16 Å². The summed E-state index contributed by atoms with van der Waals surface area (Å²) in [5.41, 5.74) is 0.612. The Morgan fingerprint density at radius 2 is 2.07 bits per heavy atom. The molecule has 0 bridgehead atoms. The maximum absolute atomic E-state index is 12.5. The molecule has 1 aliphatic heterocycles. The van der Waals surface area contributed by atoms with E-state index in [2.05, 4.69) is 20.3 Å². The maximum Gasteiger partial charge on any atom is 0.277 e. The molecule has 0 radical (unpaired) electrons. The van der Waals surface area contributed by atoms with Gasteiger partial charge >= 0.3 is 0 Å². The monoisotopic (exact) mass is 404 g/mol. The molecular weight excluding hydrogens is 380 g/mol. The normalized spacial score (nSPS) is 14.5. The molecule has 10 nitrogen and oxygen atoms in total. The molecule has 0 spiro atoms. The van der Waals surface area contributed by atoms with E-state index in [9.17, 15) is 9.59 Å². The third kappa shape index (κ3) is 5.23. The van der Waals surface area contributed by atoms with Gasteiger partial charge in [0.25, 0.3) is 11.8 Å². The lowest BCUT2D eigenvalue weighted by Gasteiger charge is -2.32. The van der Waals surface area contributed by atoms with Gasteiger partial charge in [-0.15, -0.1) is 0 Å². The zero-order valence-corrected chi connectivity index (χ0v) is 16.4. The van der Waals surface area contributed by atoms with Gasteiger partial charge in [0.2, 0.25) is 0 Å². The van der Waals surface area contributed by atoms with Gasteiger partial charge < -0.3 is 24.4 Å². The summed E-state index contributed by atoms with van der Waals surface area (Å²) >= 11 is 0. The molecule has 3 rings (SSSR count). The minimum Gasteiger partial charge on any atom is -0.497 e. The van der Waals surface area contributed by atoms with E-state index in [4.69, 9.17) is 14.2 Å². The van der Waals surface area contributed by atoms with Gasteiger partial charge in [0.15, 0.2) is 5.69 Å². The van der Waals surface area contributed by atoms with Crippen molar-refractivity contribution in [2.45, 2.75) is 18.9 Å². The molecule has 1 aromatic carbocycles. The van der Waals surface area contributed by atoms with Gasteiger partial charge in [-0.3, -0.25) is 9.59 Å². The quantitative estimate of drug-likeness (QED) is 0.651. The predicted molar refractivity (Wildman–Crippen MR) is 101 cm³/mol. The summed E-state index contributed by atoms with van der Waals surface area (Å²) in [6.07, 6.45) is 2.42. The lowest BCUT2D eigenvalue weighted by Crippen LogP contribution is -2.42. The van der Waals surface area contributed by atoms with Crippen molar-refractivity contribution in [3.8, 4) is 11.5 Å². The highest BCUT2D eigenvalue weighted by atomic mass is 16.6. The Bertz CT molecular complexity index is 818. The molecule has 2 aromatic rings. The molecule has 2 amide bonds. The number of rotatable bonds is 8. The summed E-state index contributed by atoms with van der Waals surface area (Å²) < 4.78 is 20.8. The van der Waals surface area contributed by atoms with E-state index in [1.165, 1.54) is 6.20 Å². The van der Waals surface area contributed by atoms with Crippen molar-refractivity contribution in [1.29, 1.82) is 0 Å². The van der Waals surface area contributed by atoms with Crippen LogP contribution >= 0.6 is 0 Å². The Hall–Kier alpha value is -3.14. The van der Waals surface area contributed by atoms with Crippen LogP contribution < -0.4 is 14.8 Å². The van der Waals surface area contributed by atoms with Crippen LogP contribution in [0.3, 0.4) is 0 Å². The number of likely N-dealkylation sites (tertiary alicyclic amines) is 1. The molecule has 10 heteroatoms. The van der Waals surface area contributed by atoms with Crippen LogP contribution in [0.2, 0.25) is 0 Å². The highest BCUT2D eigenvalue weighted by molar-refractivity contribution is 5.97. The fourth-order valence-corrected chi connectivity index (χ4v) is 3.05. The first-order chi connectivity index (χ1) is 14.1. The second-order valence-corrected chi connectivity index (χ2v) is 6.51. The van der Waals surface area contributed by atoms with Crippen molar-refractivity contribution in [3.63, 3.8) is 0 Å². The Kier molecular flexibility index (Phi) is 7.01. The fraction of sp³-hybridized carbons (Fsp3) is 0.474. The molecule has 1 N–H and O–H groups in total. The van der Waals surface area contributed by atoms with E-state index in [0.717, 1.165) is 0 Å². The summed E-state index contributed by atoms with van der Waals surface area (Å²) in [5, 5.41) is 9.84. The molecule has 156 valence electrons. The number of aromatic nitrogens is 2. The predicted octanol–water partition coefficient (Wildman–Crippen LogP) is 1.14. The van der Waals surface area contributed by atoms with Crippen LogP contribution in [0, 0.1) is 0 Å². The molecule has 0 unspecified atom stereocenters. The van der Waals surface area contributed by atoms with E-state index in [-0.39, 0.29) is 23.6 Å². The van der Waals surface area contributed by atoms with Crippen molar-refractivity contribution in [1.82, 2.24) is 20.5 Å². The number of nitrogens with zero attached hydrogens (tertiary/aromatic N) is 3. The van der Waals surface area contributed by atoms with Crippen LogP contribution in [0.15, 0.2) is 29.0 Å². The van der Waals surface area contributed by atoms with Crippen LogP contribution in [0.4, 0.5) is 0 Å². The Morgan fingerprint density at radius 3 is 2.72 bits per heavy atom. The van der Waals surface area contributed by atoms with Gasteiger partial charge in [-0.05, 0) is 17.3 Å². The minimum absolute atomic E-state index is 0.132. The Labute approximate surface area is 168 Å². The Balaban J connectivity index is 1.63. The summed E-state index contributed by atoms with van der Waals surface area (Å²) in [5.74, 6) is 0.583. The second-order valence-electron chi connectivity index (χ2n) is 6.51. The number of carbonyl (C=O) groups is 2. The number of hydrogen-bond acceptors (Lipinski definition) is 8. The third-order valence-electron chi connectivity index (χ3n) is 4.63. The van der Waals surface area contributed by atoms with Crippen molar-refractivity contribution in [2.75, 3.05) is 40.5 Å². The van der Waals surface area contributed by atoms with Crippen molar-refractivity contribution in [2.24, 2.45) is 0 Å². The molecule has 0 atom stereocenters. The average Bonchev–Trinajstić information content (AvgIpc) is 3.28. The van der Waals surface area contributed by atoms with Crippen LogP contribution in [-0.4, -0.2) is 73.6 Å². The van der Waals surface area contributed by atoms with Gasteiger partial charge in [-0.25, -0.2) is 4.63 Å². The van der Waals surface area contributed by atoms with Crippen molar-refractivity contribution in [3.05, 3.63) is 35.7 Å². The number of amides is 2. The standard InChI is InChI=1S/C19H24N4O6/c1-26-10-7-20-18(24)15-4-3-14(27-2)11-17(15)28-13-5-8-23(9-6-13)19(25)16-12-21-29-22-16/h3-4,11-13H,5-10H2,1-2H3,(H,20,24). The molecule has 1 saturated heterocycles. The zero-order valence-electron chi connectivity index (χ0n) is 16.4. The van der Waals surface area contributed by atoms with Crippen LogP contribution in [0.5, 0.6) is 11.5 Å². The van der Waals surface area contributed by atoms with Crippen LogP contribution in [0.1, 0.15) is 33.7 Å². The van der Waals surface area contributed by atoms with Crippen molar-refractivity contribution >= 4 is 11.8 Å². The lowest BCUT2D eigenvalue weighted by atomic mass is 10.1. The maximum atomic E-state index is 12.5. The first-order valence-corrected chi connectivity index (χ1v) is 9.31. The van der Waals surface area contributed by atoms with E-state index < -0.39 is 0 Å². The molecular formula is C19H24N4O6. The smallest absolute Gasteiger partial charge is 0.277 e. The van der Waals surface area contributed by atoms with Gasteiger partial charge in [0.05, 0.1) is 19.3 Å².